The number of hydrogen-bond donors (Lipinski definition) is 1. The first-order chi connectivity index (χ1) is 9.93. The van der Waals surface area contributed by atoms with Crippen molar-refractivity contribution in [2.75, 3.05) is 12.9 Å². The van der Waals surface area contributed by atoms with Gasteiger partial charge in [-0.1, -0.05) is 6.07 Å². The van der Waals surface area contributed by atoms with Crippen LogP contribution in [0.1, 0.15) is 12.5 Å². The molecule has 1 amide bonds. The molecule has 1 aliphatic rings. The number of carbonyl (C=O) groups excluding carboxylic acids is 1. The zero-order chi connectivity index (χ0) is 15.6. The number of carbonyl (C=O) groups is 2. The highest BCUT2D eigenvalue weighted by Crippen LogP contribution is 2.29. The normalized spacial score (nSPS) is 21.4. The number of aliphatic carboxylic acids is 1. The second-order valence-electron chi connectivity index (χ2n) is 4.73. The molecule has 0 aromatic heterocycles. The Hall–Kier alpha value is -1.76. The monoisotopic (exact) mass is 313 g/mol. The quantitative estimate of drug-likeness (QED) is 0.917. The van der Waals surface area contributed by atoms with Crippen molar-refractivity contribution in [3.63, 3.8) is 0 Å². The topological polar surface area (TPSA) is 66.8 Å². The Morgan fingerprint density at radius 2 is 2.24 bits per heavy atom. The first-order valence-corrected chi connectivity index (χ1v) is 7.47. The number of rotatable bonds is 4. The van der Waals surface area contributed by atoms with Crippen molar-refractivity contribution in [2.24, 2.45) is 0 Å². The predicted molar refractivity (Wildman–Crippen MR) is 76.8 cm³/mol. The fraction of sp³-hybridized carbons (Fsp3) is 0.429. The second kappa shape index (κ2) is 6.34. The van der Waals surface area contributed by atoms with Crippen molar-refractivity contribution in [1.82, 2.24) is 4.90 Å². The fourth-order valence-electron chi connectivity index (χ4n) is 2.30. The number of nitrogens with zero attached hydrogens (tertiary/aromatic N) is 1. The summed E-state index contributed by atoms with van der Waals surface area (Å²) in [6.07, 6.45) is -0.0321. The van der Waals surface area contributed by atoms with Crippen LogP contribution in [0.5, 0.6) is 5.75 Å². The second-order valence-corrected chi connectivity index (χ2v) is 6.08. The maximum absolute atomic E-state index is 13.6. The molecule has 0 radical (unpaired) electrons. The van der Waals surface area contributed by atoms with Crippen LogP contribution in [-0.2, 0) is 16.0 Å². The lowest BCUT2D eigenvalue weighted by Crippen LogP contribution is -2.45. The molecular weight excluding hydrogens is 297 g/mol. The molecule has 1 saturated heterocycles. The third-order valence-electron chi connectivity index (χ3n) is 3.37. The van der Waals surface area contributed by atoms with E-state index in [4.69, 9.17) is 9.84 Å². The van der Waals surface area contributed by atoms with E-state index in [1.165, 1.54) is 35.9 Å². The number of thioether (sulfide) groups is 1. The maximum Gasteiger partial charge on any atom is 0.327 e. The number of carboxylic acids is 1. The Labute approximate surface area is 126 Å². The first kappa shape index (κ1) is 15.6. The van der Waals surface area contributed by atoms with Crippen LogP contribution < -0.4 is 4.74 Å². The Morgan fingerprint density at radius 1 is 1.52 bits per heavy atom. The molecule has 1 N–H and O–H groups in total. The van der Waals surface area contributed by atoms with Crippen molar-refractivity contribution in [3.05, 3.63) is 29.6 Å². The van der Waals surface area contributed by atoms with Crippen LogP contribution in [0, 0.1) is 5.82 Å². The summed E-state index contributed by atoms with van der Waals surface area (Å²) in [4.78, 5) is 24.8. The molecule has 0 aliphatic carbocycles. The predicted octanol–water partition coefficient (Wildman–Crippen LogP) is 1.75. The number of benzene rings is 1. The van der Waals surface area contributed by atoms with Crippen LogP contribution in [0.2, 0.25) is 0 Å². The SMILES string of the molecule is COc1ccc(CC(=O)N2C(C)SCC2C(=O)O)cc1F. The number of carboxylic acid groups (broad SMARTS) is 1. The zero-order valence-corrected chi connectivity index (χ0v) is 12.5. The van der Waals surface area contributed by atoms with Gasteiger partial charge in [0.25, 0.3) is 0 Å². The smallest absolute Gasteiger partial charge is 0.327 e. The van der Waals surface area contributed by atoms with E-state index < -0.39 is 17.8 Å². The lowest BCUT2D eigenvalue weighted by molar-refractivity contribution is -0.148. The molecule has 1 aromatic carbocycles. The molecule has 0 spiro atoms. The standard InChI is InChI=1S/C14H16FNO4S/c1-8-16(11(7-21-8)14(18)19)13(17)6-9-3-4-12(20-2)10(15)5-9/h3-5,8,11H,6-7H2,1-2H3,(H,18,19). The van der Waals surface area contributed by atoms with Gasteiger partial charge in [-0.25, -0.2) is 9.18 Å². The van der Waals surface area contributed by atoms with E-state index in [0.29, 0.717) is 11.3 Å². The maximum atomic E-state index is 13.6. The van der Waals surface area contributed by atoms with E-state index in [2.05, 4.69) is 0 Å². The molecule has 1 aromatic rings. The van der Waals surface area contributed by atoms with Gasteiger partial charge in [-0.05, 0) is 24.6 Å². The Balaban J connectivity index is 2.13. The molecule has 0 saturated carbocycles. The summed E-state index contributed by atoms with van der Waals surface area (Å²) in [5, 5.41) is 8.95. The summed E-state index contributed by atoms with van der Waals surface area (Å²) >= 11 is 1.42. The van der Waals surface area contributed by atoms with E-state index in [9.17, 15) is 14.0 Å². The van der Waals surface area contributed by atoms with Gasteiger partial charge in [-0.2, -0.15) is 0 Å². The summed E-state index contributed by atoms with van der Waals surface area (Å²) in [5.74, 6) is -1.38. The Bertz CT molecular complexity index is 566. The minimum atomic E-state index is -1.01. The largest absolute Gasteiger partial charge is 0.494 e. The van der Waals surface area contributed by atoms with Gasteiger partial charge in [0.2, 0.25) is 5.91 Å². The van der Waals surface area contributed by atoms with Crippen molar-refractivity contribution in [1.29, 1.82) is 0 Å². The highest BCUT2D eigenvalue weighted by Gasteiger charge is 2.39. The van der Waals surface area contributed by atoms with Crippen molar-refractivity contribution >= 4 is 23.6 Å². The highest BCUT2D eigenvalue weighted by atomic mass is 32.2. The van der Waals surface area contributed by atoms with Gasteiger partial charge < -0.3 is 14.7 Å². The van der Waals surface area contributed by atoms with Crippen molar-refractivity contribution < 1.29 is 23.8 Å². The zero-order valence-electron chi connectivity index (χ0n) is 11.7. The number of hydrogen-bond acceptors (Lipinski definition) is 4. The van der Waals surface area contributed by atoms with Gasteiger partial charge in [0, 0.05) is 5.75 Å². The van der Waals surface area contributed by atoms with Gasteiger partial charge in [-0.3, -0.25) is 4.79 Å². The van der Waals surface area contributed by atoms with Crippen molar-refractivity contribution in [3.8, 4) is 5.75 Å². The molecule has 21 heavy (non-hydrogen) atoms. The summed E-state index contributed by atoms with van der Waals surface area (Å²) in [7, 11) is 1.36. The van der Waals surface area contributed by atoms with Gasteiger partial charge in [-0.15, -0.1) is 11.8 Å². The van der Waals surface area contributed by atoms with Gasteiger partial charge in [0.05, 0.1) is 18.9 Å². The van der Waals surface area contributed by atoms with Crippen LogP contribution in [-0.4, -0.2) is 46.2 Å². The lowest BCUT2D eigenvalue weighted by Gasteiger charge is -2.25. The average molecular weight is 313 g/mol. The van der Waals surface area contributed by atoms with Crippen LogP contribution >= 0.6 is 11.8 Å². The van der Waals surface area contributed by atoms with E-state index in [1.54, 1.807) is 13.0 Å². The van der Waals surface area contributed by atoms with Gasteiger partial charge in [0.15, 0.2) is 11.6 Å². The van der Waals surface area contributed by atoms with Gasteiger partial charge >= 0.3 is 5.97 Å². The molecule has 1 heterocycles. The van der Waals surface area contributed by atoms with Crippen LogP contribution in [0.25, 0.3) is 0 Å². The highest BCUT2D eigenvalue weighted by molar-refractivity contribution is 8.00. The van der Waals surface area contributed by atoms with Crippen LogP contribution in [0.3, 0.4) is 0 Å². The molecule has 5 nitrogen and oxygen atoms in total. The fourth-order valence-corrected chi connectivity index (χ4v) is 3.49. The van der Waals surface area contributed by atoms with E-state index >= 15 is 0 Å². The Kier molecular flexibility index (Phi) is 4.72. The third-order valence-corrected chi connectivity index (χ3v) is 4.59. The van der Waals surface area contributed by atoms with Crippen LogP contribution in [0.4, 0.5) is 4.39 Å². The molecule has 1 fully saturated rings. The average Bonchev–Trinajstić information content (AvgIpc) is 2.81. The number of ether oxygens (including phenoxy) is 1. The van der Waals surface area contributed by atoms with Crippen molar-refractivity contribution in [2.45, 2.75) is 24.8 Å². The van der Waals surface area contributed by atoms with E-state index in [-0.39, 0.29) is 23.5 Å². The molecule has 2 unspecified atom stereocenters. The number of halogens is 1. The first-order valence-electron chi connectivity index (χ1n) is 6.42. The summed E-state index contributed by atoms with van der Waals surface area (Å²) in [6, 6.07) is 3.47. The summed E-state index contributed by atoms with van der Waals surface area (Å²) in [5.41, 5.74) is 0.492. The minimum absolute atomic E-state index is 0.0321. The third kappa shape index (κ3) is 3.29. The molecule has 1 aliphatic heterocycles. The molecule has 7 heteroatoms. The van der Waals surface area contributed by atoms with Gasteiger partial charge in [0.1, 0.15) is 6.04 Å². The molecule has 114 valence electrons. The molecule has 0 bridgehead atoms. The van der Waals surface area contributed by atoms with E-state index in [0.717, 1.165) is 0 Å². The lowest BCUT2D eigenvalue weighted by atomic mass is 10.1. The molecule has 2 rings (SSSR count). The molecule has 2 atom stereocenters. The van der Waals surface area contributed by atoms with Crippen LogP contribution in [0.15, 0.2) is 18.2 Å². The number of amides is 1. The summed E-state index contributed by atoms with van der Waals surface area (Å²) < 4.78 is 18.4. The molecular formula is C14H16FNO4S. The minimum Gasteiger partial charge on any atom is -0.494 e. The summed E-state index contributed by atoms with van der Waals surface area (Å²) in [6.45, 7) is 1.79. The van der Waals surface area contributed by atoms with E-state index in [1.807, 2.05) is 0 Å². The number of methoxy groups -OCH3 is 1. The Morgan fingerprint density at radius 3 is 2.81 bits per heavy atom.